The number of rotatable bonds is 28. The molecule has 12 atom stereocenters. The Kier molecular flexibility index (Phi) is 20.7. The number of benzene rings is 1. The van der Waals surface area contributed by atoms with Crippen LogP contribution in [0.5, 0.6) is 0 Å². The number of nitrogens with zero attached hydrogens (tertiary/aromatic N) is 3. The number of nitrogens with two attached hydrogens (primary N) is 1. The topological polar surface area (TPSA) is 150 Å². The zero-order valence-corrected chi connectivity index (χ0v) is 52.8. The van der Waals surface area contributed by atoms with Gasteiger partial charge >= 0.3 is 17.9 Å². The van der Waals surface area contributed by atoms with Crippen LogP contribution in [0.3, 0.4) is 0 Å². The number of carbonyl (C=O) groups excluding carboxylic acids is 4. The largest absolute Gasteiger partial charge is 0.461 e. The Morgan fingerprint density at radius 1 is 0.904 bits per heavy atom. The van der Waals surface area contributed by atoms with Crippen molar-refractivity contribution in [2.45, 2.75) is 269 Å². The van der Waals surface area contributed by atoms with Crippen LogP contribution in [0.2, 0.25) is 5.02 Å². The highest BCUT2D eigenvalue weighted by atomic mass is 35.5. The summed E-state index contributed by atoms with van der Waals surface area (Å²) in [5.74, 6) is -1.90. The molecule has 462 valence electrons. The van der Waals surface area contributed by atoms with Gasteiger partial charge in [0.2, 0.25) is 5.43 Å². The molecule has 1 aromatic carbocycles. The Morgan fingerprint density at radius 2 is 1.54 bits per heavy atom. The first-order chi connectivity index (χ1) is 39.6. The number of ketones is 1. The molecule has 1 aromatic heterocycles. The van der Waals surface area contributed by atoms with Gasteiger partial charge in [0.25, 0.3) is 0 Å². The summed E-state index contributed by atoms with van der Waals surface area (Å²) in [5, 5.41) is 0.397. The maximum Gasteiger partial charge on any atom is 0.343 e. The Balaban J connectivity index is 0.757. The second kappa shape index (κ2) is 26.8. The van der Waals surface area contributed by atoms with E-state index in [4.69, 9.17) is 31.5 Å². The fraction of sp³-hybridized carbons (Fsp3) is 0.776. The third-order valence-corrected chi connectivity index (χ3v) is 23.4. The molecular formula is C67H99ClF2N4O8S. The van der Waals surface area contributed by atoms with Gasteiger partial charge in [-0.25, -0.2) is 13.6 Å². The molecule has 4 heterocycles. The number of aromatic nitrogens is 1. The fourth-order valence-corrected chi connectivity index (χ4v) is 18.1. The summed E-state index contributed by atoms with van der Waals surface area (Å²) in [6.07, 6.45) is 23.7. The zero-order valence-electron chi connectivity index (χ0n) is 51.2. The van der Waals surface area contributed by atoms with Crippen molar-refractivity contribution >= 4 is 63.6 Å². The highest BCUT2D eigenvalue weighted by Gasteiger charge is 2.64. The molecule has 83 heavy (non-hydrogen) atoms. The van der Waals surface area contributed by atoms with E-state index in [1.54, 1.807) is 16.3 Å². The number of fused-ring (bicyclic) bond motifs is 4. The number of carbonyl (C=O) groups is 4. The second-order valence-corrected chi connectivity index (χ2v) is 29.5. The Bertz CT molecular complexity index is 2720. The van der Waals surface area contributed by atoms with Gasteiger partial charge in [-0.15, -0.1) is 18.3 Å². The molecular weight excluding hydrogens is 1090 g/mol. The maximum absolute atomic E-state index is 16.1. The van der Waals surface area contributed by atoms with Gasteiger partial charge in [0.15, 0.2) is 0 Å². The minimum absolute atomic E-state index is 0.0317. The molecule has 12 nitrogen and oxygen atoms in total. The number of alkyl halides is 1. The van der Waals surface area contributed by atoms with Gasteiger partial charge in [-0.2, -0.15) is 0 Å². The first-order valence-corrected chi connectivity index (χ1v) is 33.9. The number of Topliss-reactive ketones (excluding diaryl/α,β-unsaturated/α-hetero) is 1. The number of esters is 3. The molecule has 4 aliphatic carbocycles. The van der Waals surface area contributed by atoms with E-state index >= 15 is 4.39 Å². The first-order valence-electron chi connectivity index (χ1n) is 32.4. The van der Waals surface area contributed by atoms with Crippen LogP contribution in [-0.4, -0.2) is 107 Å². The van der Waals surface area contributed by atoms with Crippen molar-refractivity contribution in [3.63, 3.8) is 0 Å². The predicted molar refractivity (Wildman–Crippen MR) is 328 cm³/mol. The van der Waals surface area contributed by atoms with Crippen molar-refractivity contribution in [3.8, 4) is 0 Å². The molecule has 3 saturated heterocycles. The number of thioether (sulfide) groups is 1. The third kappa shape index (κ3) is 13.6. The molecule has 9 rings (SSSR count). The summed E-state index contributed by atoms with van der Waals surface area (Å²) < 4.78 is 51.9. The third-order valence-electron chi connectivity index (χ3n) is 21.8. The normalized spacial score (nSPS) is 31.8. The molecule has 0 radical (unpaired) electrons. The van der Waals surface area contributed by atoms with E-state index in [2.05, 4.69) is 60.1 Å². The van der Waals surface area contributed by atoms with E-state index in [0.717, 1.165) is 122 Å². The predicted octanol–water partition coefficient (Wildman–Crippen LogP) is 14.6. The monoisotopic (exact) mass is 1190 g/mol. The van der Waals surface area contributed by atoms with E-state index < -0.39 is 64.0 Å². The maximum atomic E-state index is 16.1. The Hall–Kier alpha value is -3.53. The van der Waals surface area contributed by atoms with E-state index in [1.165, 1.54) is 19.0 Å². The molecule has 2 bridgehead atoms. The number of unbranched alkanes of at least 4 members (excludes halogenated alkanes) is 10. The van der Waals surface area contributed by atoms with Crippen LogP contribution in [-0.2, 0) is 28.6 Å². The first kappa shape index (κ1) is 64.0. The molecule has 0 amide bonds. The molecule has 3 aliphatic heterocycles. The van der Waals surface area contributed by atoms with Crippen LogP contribution in [0, 0.1) is 39.3 Å². The lowest BCUT2D eigenvalue weighted by atomic mass is 9.50. The summed E-state index contributed by atoms with van der Waals surface area (Å²) in [7, 11) is 2.23. The fourth-order valence-electron chi connectivity index (χ4n) is 16.5. The van der Waals surface area contributed by atoms with Crippen LogP contribution >= 0.6 is 23.4 Å². The van der Waals surface area contributed by atoms with Crippen LogP contribution in [0.4, 0.5) is 14.5 Å². The van der Waals surface area contributed by atoms with Crippen molar-refractivity contribution in [2.75, 3.05) is 30.8 Å². The number of hydrogen-bond acceptors (Lipinski definition) is 12. The van der Waals surface area contributed by atoms with E-state index in [1.807, 2.05) is 11.0 Å². The molecule has 2 N–H and O–H groups in total. The van der Waals surface area contributed by atoms with E-state index in [-0.39, 0.29) is 80.4 Å². The summed E-state index contributed by atoms with van der Waals surface area (Å²) in [6, 6.07) is 1.57. The van der Waals surface area contributed by atoms with Crippen molar-refractivity contribution in [1.82, 2.24) is 9.47 Å². The van der Waals surface area contributed by atoms with Crippen molar-refractivity contribution in [3.05, 3.63) is 51.5 Å². The summed E-state index contributed by atoms with van der Waals surface area (Å²) in [5.41, 5.74) is 4.10. The van der Waals surface area contributed by atoms with E-state index in [0.29, 0.717) is 68.9 Å². The van der Waals surface area contributed by atoms with Crippen molar-refractivity contribution in [2.24, 2.45) is 39.2 Å². The molecule has 1 spiro atoms. The number of piperidine rings is 1. The van der Waals surface area contributed by atoms with E-state index in [9.17, 15) is 28.4 Å². The lowest BCUT2D eigenvalue weighted by Crippen LogP contribution is -2.59. The lowest BCUT2D eigenvalue weighted by molar-refractivity contribution is -0.192. The molecule has 7 fully saturated rings. The average Bonchev–Trinajstić information content (AvgIpc) is 3.29. The van der Waals surface area contributed by atoms with Crippen molar-refractivity contribution in [1.29, 1.82) is 0 Å². The van der Waals surface area contributed by atoms with Crippen LogP contribution in [0.1, 0.15) is 231 Å². The molecule has 7 aliphatic rings. The lowest BCUT2D eigenvalue weighted by Gasteiger charge is -2.56. The molecule has 16 heteroatoms. The Labute approximate surface area is 503 Å². The quantitative estimate of drug-likeness (QED) is 0.0374. The molecule has 6 unspecified atom stereocenters. The zero-order chi connectivity index (χ0) is 59.6. The second-order valence-electron chi connectivity index (χ2n) is 27.9. The van der Waals surface area contributed by atoms with Gasteiger partial charge in [-0.1, -0.05) is 123 Å². The van der Waals surface area contributed by atoms with Gasteiger partial charge in [0, 0.05) is 90.0 Å². The van der Waals surface area contributed by atoms with Crippen LogP contribution in [0.15, 0.2) is 29.7 Å². The van der Waals surface area contributed by atoms with Gasteiger partial charge < -0.3 is 34.3 Å². The highest BCUT2D eigenvalue weighted by molar-refractivity contribution is 8.00. The van der Waals surface area contributed by atoms with Crippen LogP contribution in [0.25, 0.3) is 10.9 Å². The van der Waals surface area contributed by atoms with Crippen LogP contribution < -0.4 is 16.1 Å². The smallest absolute Gasteiger partial charge is 0.343 e. The summed E-state index contributed by atoms with van der Waals surface area (Å²) in [4.78, 5) is 74.6. The summed E-state index contributed by atoms with van der Waals surface area (Å²) in [6.45, 7) is 18.2. The Morgan fingerprint density at radius 3 is 2.14 bits per heavy atom. The minimum atomic E-state index is -1.19. The number of hydrogen-bond donors (Lipinski definition) is 1. The standard InChI is InChI=1S/C67H99ClF2N4O8S/c1-9-12-13-20-23-45(80-63(79)48-38-74(51-36-49(51)69)58-47(60(48)78)35-50(70)59(57(58)68)73-39-53(71)66(41-73)31-32-66)24-21-18-16-14-15-17-19-22-25-55(76)82-62-42(4)67(29-10-2)30-28-52(75)61(67)64(5,6)54(37-65(62,7)11-3)81-56(77)40-83-46-33-43-26-27-44(34-46)72(43)8/h11,35,38,42-46,49,51,53-54,61-62H,3,9-10,12-34,36-37,39-41,71H2,1-2,4-8H3/t42-,43?,44?,45?,46?,49+,51?,53-,54+,61?,62-,65+,67?/m1/s1. The number of ether oxygens (including phenoxy) is 3. The van der Waals surface area contributed by atoms with Gasteiger partial charge in [0.1, 0.15) is 41.6 Å². The van der Waals surface area contributed by atoms with Gasteiger partial charge in [0.05, 0.1) is 33.4 Å². The summed E-state index contributed by atoms with van der Waals surface area (Å²) >= 11 is 8.71. The SMILES string of the molecule is C=C[C@@]1(C)C[C@H](OC(=O)CSC2CC3CCC(C2)N3C)C(C)(C)C2C(=O)CCC2(CCC)[C@H](C)[C@H]1OC(=O)CCCCCCCCCCC(CCCCCC)OC(=O)c1cn(C2C[C@@H]2F)c2c(Cl)c(N3C[C@@H](N)C4(CC4)C3)c(F)cc2c1=O. The molecule has 2 aromatic rings. The minimum Gasteiger partial charge on any atom is -0.461 e. The van der Waals surface area contributed by atoms with Gasteiger partial charge in [-0.3, -0.25) is 19.2 Å². The highest BCUT2D eigenvalue weighted by Crippen LogP contribution is 2.63. The average molecular weight is 1190 g/mol. The number of anilines is 1. The van der Waals surface area contributed by atoms with Gasteiger partial charge in [-0.05, 0) is 108 Å². The molecule has 4 saturated carbocycles. The van der Waals surface area contributed by atoms with Crippen molar-refractivity contribution < 1.29 is 42.2 Å². The number of pyridine rings is 1. The number of halogens is 3.